The van der Waals surface area contributed by atoms with Gasteiger partial charge in [-0.25, -0.2) is 8.42 Å². The van der Waals surface area contributed by atoms with Crippen molar-refractivity contribution in [1.29, 1.82) is 0 Å². The molecule has 0 aliphatic rings. The van der Waals surface area contributed by atoms with Crippen LogP contribution in [-0.2, 0) is 22.7 Å². The minimum Gasteiger partial charge on any atom is -0.294 e. The fourth-order valence-electron chi connectivity index (χ4n) is 3.08. The van der Waals surface area contributed by atoms with Crippen LogP contribution in [0, 0.1) is 0 Å². The molecular formula is C21H14ClF3N2O3S2. The largest absolute Gasteiger partial charge is 0.416 e. The summed E-state index contributed by atoms with van der Waals surface area (Å²) in [6.45, 7) is 0.298. The summed E-state index contributed by atoms with van der Waals surface area (Å²) in [5, 5.41) is 0.576. The molecule has 0 aliphatic carbocycles. The van der Waals surface area contributed by atoms with E-state index >= 15 is 0 Å². The van der Waals surface area contributed by atoms with Crippen LogP contribution >= 0.6 is 22.9 Å². The molecule has 11 heteroatoms. The van der Waals surface area contributed by atoms with Gasteiger partial charge in [0.1, 0.15) is 0 Å². The lowest BCUT2D eigenvalue weighted by molar-refractivity contribution is -0.137. The van der Waals surface area contributed by atoms with Gasteiger partial charge in [0, 0.05) is 10.7 Å². The Bertz CT molecular complexity index is 1440. The van der Waals surface area contributed by atoms with Gasteiger partial charge in [-0.1, -0.05) is 35.1 Å². The number of aromatic nitrogens is 1. The molecule has 0 atom stereocenters. The highest BCUT2D eigenvalue weighted by Crippen LogP contribution is 2.30. The number of sulfonamides is 1. The maximum Gasteiger partial charge on any atom is 0.416 e. The molecule has 0 unspecified atom stereocenters. The highest BCUT2D eigenvalue weighted by Gasteiger charge is 2.30. The Kier molecular flexibility index (Phi) is 5.78. The first kappa shape index (κ1) is 22.4. The molecule has 0 amide bonds. The molecule has 4 aromatic rings. The zero-order valence-corrected chi connectivity index (χ0v) is 18.4. The van der Waals surface area contributed by atoms with Crippen LogP contribution in [0.15, 0.2) is 76.4 Å². The Hall–Kier alpha value is -2.82. The van der Waals surface area contributed by atoms with E-state index in [2.05, 4.69) is 4.72 Å². The maximum atomic E-state index is 12.7. The summed E-state index contributed by atoms with van der Waals surface area (Å²) in [7, 11) is -4.07. The van der Waals surface area contributed by atoms with Gasteiger partial charge in [0.25, 0.3) is 10.0 Å². The number of nitrogens with one attached hydrogen (secondary N) is 1. The van der Waals surface area contributed by atoms with E-state index in [0.717, 1.165) is 41.2 Å². The predicted octanol–water partition coefficient (Wildman–Crippen LogP) is 5.58. The van der Waals surface area contributed by atoms with Crippen LogP contribution < -0.4 is 9.60 Å². The molecule has 3 aromatic carbocycles. The molecule has 4 rings (SSSR count). The molecule has 0 spiro atoms. The van der Waals surface area contributed by atoms with Crippen molar-refractivity contribution in [2.24, 2.45) is 0 Å². The third kappa shape index (κ3) is 4.67. The summed E-state index contributed by atoms with van der Waals surface area (Å²) in [6.07, 6.45) is -4.51. The summed E-state index contributed by atoms with van der Waals surface area (Å²) in [6, 6.07) is 14.9. The number of benzene rings is 3. The van der Waals surface area contributed by atoms with Crippen molar-refractivity contribution in [1.82, 2.24) is 4.57 Å². The Labute approximate surface area is 189 Å². The fourth-order valence-corrected chi connectivity index (χ4v) is 5.29. The Morgan fingerprint density at radius 2 is 1.62 bits per heavy atom. The van der Waals surface area contributed by atoms with Crippen molar-refractivity contribution in [2.75, 3.05) is 4.72 Å². The summed E-state index contributed by atoms with van der Waals surface area (Å²) >= 11 is 6.79. The summed E-state index contributed by atoms with van der Waals surface area (Å²) in [5.74, 6) is 0. The van der Waals surface area contributed by atoms with Crippen LogP contribution in [0.25, 0.3) is 10.2 Å². The lowest BCUT2D eigenvalue weighted by Gasteiger charge is -2.11. The number of nitrogens with zero attached hydrogens (tertiary/aromatic N) is 1. The number of anilines is 1. The second kappa shape index (κ2) is 8.27. The van der Waals surface area contributed by atoms with E-state index in [-0.39, 0.29) is 15.5 Å². The van der Waals surface area contributed by atoms with Crippen LogP contribution in [0.4, 0.5) is 18.9 Å². The van der Waals surface area contributed by atoms with Crippen LogP contribution in [-0.4, -0.2) is 13.0 Å². The van der Waals surface area contributed by atoms with Crippen LogP contribution in [0.3, 0.4) is 0 Å². The van der Waals surface area contributed by atoms with E-state index in [1.165, 1.54) is 22.8 Å². The molecule has 1 heterocycles. The molecule has 0 aliphatic heterocycles. The number of alkyl halides is 3. The van der Waals surface area contributed by atoms with Gasteiger partial charge in [-0.3, -0.25) is 14.1 Å². The number of rotatable bonds is 5. The molecule has 0 fully saturated rings. The SMILES string of the molecule is O=c1sc2cc(S(=O)(=O)Nc3ccc(C(F)(F)F)cc3)ccc2n1Cc1ccc(Cl)cc1. The molecule has 1 aromatic heterocycles. The third-order valence-electron chi connectivity index (χ3n) is 4.67. The molecule has 0 saturated carbocycles. The maximum absolute atomic E-state index is 12.7. The van der Waals surface area contributed by atoms with Crippen LogP contribution in [0.1, 0.15) is 11.1 Å². The number of hydrogen-bond donors (Lipinski definition) is 1. The zero-order chi connectivity index (χ0) is 23.1. The van der Waals surface area contributed by atoms with Gasteiger partial charge in [-0.05, 0) is 60.2 Å². The van der Waals surface area contributed by atoms with Gasteiger partial charge in [-0.15, -0.1) is 0 Å². The molecule has 166 valence electrons. The predicted molar refractivity (Wildman–Crippen MR) is 119 cm³/mol. The Balaban J connectivity index is 1.62. The topological polar surface area (TPSA) is 68.2 Å². The minimum absolute atomic E-state index is 0.00778. The summed E-state index contributed by atoms with van der Waals surface area (Å²) in [5.41, 5.74) is 0.542. The normalized spacial score (nSPS) is 12.2. The number of halogens is 4. The van der Waals surface area contributed by atoms with Crippen molar-refractivity contribution < 1.29 is 21.6 Å². The van der Waals surface area contributed by atoms with Gasteiger partial charge >= 0.3 is 11.0 Å². The molecular weight excluding hydrogens is 485 g/mol. The fraction of sp³-hybridized carbons (Fsp3) is 0.0952. The van der Waals surface area contributed by atoms with Crippen molar-refractivity contribution in [3.8, 4) is 0 Å². The molecule has 5 nitrogen and oxygen atoms in total. The van der Waals surface area contributed by atoms with E-state index in [0.29, 0.717) is 21.8 Å². The molecule has 1 N–H and O–H groups in total. The van der Waals surface area contributed by atoms with Crippen molar-refractivity contribution in [2.45, 2.75) is 17.6 Å². The number of hydrogen-bond acceptors (Lipinski definition) is 4. The lowest BCUT2D eigenvalue weighted by atomic mass is 10.2. The van der Waals surface area contributed by atoms with Gasteiger partial charge in [0.2, 0.25) is 0 Å². The molecule has 0 bridgehead atoms. The van der Waals surface area contributed by atoms with Crippen molar-refractivity contribution in [3.63, 3.8) is 0 Å². The summed E-state index contributed by atoms with van der Waals surface area (Å²) in [4.78, 5) is 12.1. The van der Waals surface area contributed by atoms with E-state index in [4.69, 9.17) is 11.6 Å². The first-order valence-corrected chi connectivity index (χ1v) is 11.8. The second-order valence-corrected chi connectivity index (χ2v) is 10.0. The van der Waals surface area contributed by atoms with E-state index in [1.54, 1.807) is 24.3 Å². The van der Waals surface area contributed by atoms with Crippen molar-refractivity contribution >= 4 is 48.9 Å². The van der Waals surface area contributed by atoms with Gasteiger partial charge in [-0.2, -0.15) is 13.2 Å². The smallest absolute Gasteiger partial charge is 0.294 e. The highest BCUT2D eigenvalue weighted by molar-refractivity contribution is 7.92. The van der Waals surface area contributed by atoms with E-state index in [9.17, 15) is 26.4 Å². The quantitative estimate of drug-likeness (QED) is 0.390. The monoisotopic (exact) mass is 498 g/mol. The molecule has 32 heavy (non-hydrogen) atoms. The average Bonchev–Trinajstić information content (AvgIpc) is 3.03. The first-order chi connectivity index (χ1) is 15.0. The van der Waals surface area contributed by atoms with Gasteiger partial charge < -0.3 is 0 Å². The Morgan fingerprint density at radius 1 is 0.969 bits per heavy atom. The van der Waals surface area contributed by atoms with E-state index < -0.39 is 21.8 Å². The summed E-state index contributed by atoms with van der Waals surface area (Å²) < 4.78 is 67.8. The zero-order valence-electron chi connectivity index (χ0n) is 16.1. The third-order valence-corrected chi connectivity index (χ3v) is 7.24. The van der Waals surface area contributed by atoms with Crippen molar-refractivity contribution in [3.05, 3.63) is 92.5 Å². The number of thiazole rings is 1. The number of fused-ring (bicyclic) bond motifs is 1. The second-order valence-electron chi connectivity index (χ2n) is 6.89. The molecule has 0 saturated heterocycles. The highest BCUT2D eigenvalue weighted by atomic mass is 35.5. The molecule has 0 radical (unpaired) electrons. The Morgan fingerprint density at radius 3 is 2.25 bits per heavy atom. The van der Waals surface area contributed by atoms with E-state index in [1.807, 2.05) is 0 Å². The van der Waals surface area contributed by atoms with Crippen LogP contribution in [0.5, 0.6) is 0 Å². The minimum atomic E-state index is -4.51. The average molecular weight is 499 g/mol. The lowest BCUT2D eigenvalue weighted by Crippen LogP contribution is -2.14. The standard InChI is InChI=1S/C21H14ClF3N2O3S2/c22-15-5-1-13(2-6-15)12-27-18-10-9-17(11-19(18)31-20(27)28)32(29,30)26-16-7-3-14(4-8-16)21(23,24)25/h1-11,26H,12H2. The first-order valence-electron chi connectivity index (χ1n) is 9.11. The van der Waals surface area contributed by atoms with Crippen LogP contribution in [0.2, 0.25) is 5.02 Å². The van der Waals surface area contributed by atoms with Gasteiger partial charge in [0.15, 0.2) is 0 Å². The van der Waals surface area contributed by atoms with Gasteiger partial charge in [0.05, 0.1) is 27.2 Å².